The highest BCUT2D eigenvalue weighted by atomic mass is 19.1. The summed E-state index contributed by atoms with van der Waals surface area (Å²) in [5.74, 6) is -0.849. The van der Waals surface area contributed by atoms with Crippen LogP contribution in [0.4, 0.5) is 8.78 Å². The molecular formula is C15H16F2N2O. The average Bonchev–Trinajstić information content (AvgIpc) is 2.44. The lowest BCUT2D eigenvalue weighted by Crippen LogP contribution is -2.13. The predicted octanol–water partition coefficient (Wildman–Crippen LogP) is 3.57. The Labute approximate surface area is 116 Å². The molecule has 0 aliphatic rings. The fourth-order valence-electron chi connectivity index (χ4n) is 1.72. The minimum atomic E-state index is -0.530. The van der Waals surface area contributed by atoms with Crippen molar-refractivity contribution in [3.05, 3.63) is 53.2 Å². The van der Waals surface area contributed by atoms with Gasteiger partial charge in [0, 0.05) is 24.4 Å². The summed E-state index contributed by atoms with van der Waals surface area (Å²) in [4.78, 5) is 3.87. The lowest BCUT2D eigenvalue weighted by molar-refractivity contribution is 0.412. The minimum Gasteiger partial charge on any atom is -0.436 e. The lowest BCUT2D eigenvalue weighted by atomic mass is 10.2. The summed E-state index contributed by atoms with van der Waals surface area (Å²) in [6, 6.07) is 5.70. The summed E-state index contributed by atoms with van der Waals surface area (Å²) in [6.07, 6.45) is 1.47. The third-order valence-electron chi connectivity index (χ3n) is 2.86. The molecule has 2 aromatic rings. The molecule has 1 aromatic carbocycles. The smallest absolute Gasteiger partial charge is 0.256 e. The van der Waals surface area contributed by atoms with Gasteiger partial charge in [-0.15, -0.1) is 0 Å². The van der Waals surface area contributed by atoms with Crippen molar-refractivity contribution in [3.8, 4) is 11.6 Å². The van der Waals surface area contributed by atoms with Crippen molar-refractivity contribution in [1.29, 1.82) is 0 Å². The monoisotopic (exact) mass is 278 g/mol. The molecule has 0 amide bonds. The van der Waals surface area contributed by atoms with Crippen LogP contribution in [0.3, 0.4) is 0 Å². The molecule has 0 aliphatic carbocycles. The van der Waals surface area contributed by atoms with Crippen LogP contribution in [-0.4, -0.2) is 11.5 Å². The van der Waals surface area contributed by atoms with Gasteiger partial charge in [-0.25, -0.2) is 13.8 Å². The van der Waals surface area contributed by atoms with Crippen LogP contribution in [0.1, 0.15) is 18.1 Å². The number of pyridine rings is 1. The van der Waals surface area contributed by atoms with E-state index in [-0.39, 0.29) is 11.6 Å². The zero-order valence-electron chi connectivity index (χ0n) is 11.4. The molecule has 0 spiro atoms. The molecule has 1 aromatic heterocycles. The van der Waals surface area contributed by atoms with E-state index < -0.39 is 11.6 Å². The summed E-state index contributed by atoms with van der Waals surface area (Å²) in [5.41, 5.74) is 1.18. The molecular weight excluding hydrogens is 262 g/mol. The third kappa shape index (κ3) is 3.30. The first-order valence-corrected chi connectivity index (χ1v) is 6.40. The molecule has 1 heterocycles. The first kappa shape index (κ1) is 14.4. The van der Waals surface area contributed by atoms with E-state index in [0.29, 0.717) is 17.7 Å². The van der Waals surface area contributed by atoms with Gasteiger partial charge in [0.2, 0.25) is 0 Å². The fourth-order valence-corrected chi connectivity index (χ4v) is 1.72. The Morgan fingerprint density at radius 1 is 1.25 bits per heavy atom. The Morgan fingerprint density at radius 3 is 2.80 bits per heavy atom. The summed E-state index contributed by atoms with van der Waals surface area (Å²) >= 11 is 0. The van der Waals surface area contributed by atoms with Crippen molar-refractivity contribution in [3.63, 3.8) is 0 Å². The van der Waals surface area contributed by atoms with E-state index in [1.807, 2.05) is 6.92 Å². The number of nitrogens with zero attached hydrogens (tertiary/aromatic N) is 1. The standard InChI is InChI=1S/C15H16F2N2O/c1-3-18-9-11-6-7-19-15(14(11)17)20-13-8-12(16)5-4-10(13)2/h4-8,18H,3,9H2,1-2H3. The highest BCUT2D eigenvalue weighted by Crippen LogP contribution is 2.27. The van der Waals surface area contributed by atoms with Crippen molar-refractivity contribution < 1.29 is 13.5 Å². The zero-order chi connectivity index (χ0) is 14.5. The van der Waals surface area contributed by atoms with Gasteiger partial charge in [-0.1, -0.05) is 13.0 Å². The van der Waals surface area contributed by atoms with Gasteiger partial charge in [-0.3, -0.25) is 0 Å². The number of nitrogens with one attached hydrogen (secondary N) is 1. The van der Waals surface area contributed by atoms with E-state index in [0.717, 1.165) is 6.54 Å². The maximum absolute atomic E-state index is 14.2. The topological polar surface area (TPSA) is 34.2 Å². The summed E-state index contributed by atoms with van der Waals surface area (Å²) in [6.45, 7) is 4.83. The molecule has 0 radical (unpaired) electrons. The van der Waals surface area contributed by atoms with Crippen LogP contribution >= 0.6 is 0 Å². The van der Waals surface area contributed by atoms with Crippen LogP contribution in [0.5, 0.6) is 11.6 Å². The Bertz CT molecular complexity index is 602. The van der Waals surface area contributed by atoms with Crippen molar-refractivity contribution >= 4 is 0 Å². The first-order chi connectivity index (χ1) is 9.61. The van der Waals surface area contributed by atoms with E-state index in [2.05, 4.69) is 10.3 Å². The van der Waals surface area contributed by atoms with Gasteiger partial charge >= 0.3 is 0 Å². The second-order valence-electron chi connectivity index (χ2n) is 4.38. The zero-order valence-corrected chi connectivity index (χ0v) is 11.4. The molecule has 3 nitrogen and oxygen atoms in total. The molecule has 0 saturated heterocycles. The van der Waals surface area contributed by atoms with Crippen LogP contribution < -0.4 is 10.1 Å². The quantitative estimate of drug-likeness (QED) is 0.908. The number of halogens is 2. The van der Waals surface area contributed by atoms with Gasteiger partial charge in [-0.2, -0.15) is 0 Å². The third-order valence-corrected chi connectivity index (χ3v) is 2.86. The van der Waals surface area contributed by atoms with Crippen molar-refractivity contribution in [2.24, 2.45) is 0 Å². The number of aromatic nitrogens is 1. The molecule has 0 bridgehead atoms. The first-order valence-electron chi connectivity index (χ1n) is 6.40. The van der Waals surface area contributed by atoms with Crippen molar-refractivity contribution in [1.82, 2.24) is 10.3 Å². The molecule has 0 fully saturated rings. The molecule has 1 N–H and O–H groups in total. The Morgan fingerprint density at radius 2 is 2.05 bits per heavy atom. The predicted molar refractivity (Wildman–Crippen MR) is 72.8 cm³/mol. The van der Waals surface area contributed by atoms with Crippen LogP contribution in [0, 0.1) is 18.6 Å². The van der Waals surface area contributed by atoms with Crippen molar-refractivity contribution in [2.45, 2.75) is 20.4 Å². The molecule has 0 atom stereocenters. The Hall–Kier alpha value is -2.01. The molecule has 20 heavy (non-hydrogen) atoms. The number of hydrogen-bond donors (Lipinski definition) is 1. The Kier molecular flexibility index (Phi) is 4.63. The van der Waals surface area contributed by atoms with Gasteiger partial charge in [0.15, 0.2) is 5.82 Å². The molecule has 2 rings (SSSR count). The van der Waals surface area contributed by atoms with E-state index in [4.69, 9.17) is 4.74 Å². The number of hydrogen-bond acceptors (Lipinski definition) is 3. The SMILES string of the molecule is CCNCc1ccnc(Oc2cc(F)ccc2C)c1F. The number of aryl methyl sites for hydroxylation is 1. The molecule has 0 saturated carbocycles. The molecule has 0 aliphatic heterocycles. The molecule has 0 unspecified atom stereocenters. The Balaban J connectivity index is 2.27. The van der Waals surface area contributed by atoms with Gasteiger partial charge in [-0.05, 0) is 31.2 Å². The minimum absolute atomic E-state index is 0.144. The highest BCUT2D eigenvalue weighted by molar-refractivity contribution is 5.36. The number of benzene rings is 1. The van der Waals surface area contributed by atoms with Crippen LogP contribution in [0.25, 0.3) is 0 Å². The van der Waals surface area contributed by atoms with Gasteiger partial charge < -0.3 is 10.1 Å². The average molecular weight is 278 g/mol. The molecule has 106 valence electrons. The van der Waals surface area contributed by atoms with Gasteiger partial charge in [0.05, 0.1) is 0 Å². The maximum Gasteiger partial charge on any atom is 0.256 e. The van der Waals surface area contributed by atoms with Crippen LogP contribution in [0.15, 0.2) is 30.5 Å². The van der Waals surface area contributed by atoms with E-state index in [1.165, 1.54) is 18.3 Å². The summed E-state index contributed by atoms with van der Waals surface area (Å²) in [5, 5.41) is 3.03. The van der Waals surface area contributed by atoms with Gasteiger partial charge in [0.1, 0.15) is 11.6 Å². The summed E-state index contributed by atoms with van der Waals surface area (Å²) < 4.78 is 32.8. The number of rotatable bonds is 5. The fraction of sp³-hybridized carbons (Fsp3) is 0.267. The van der Waals surface area contributed by atoms with Crippen molar-refractivity contribution in [2.75, 3.05) is 6.54 Å². The van der Waals surface area contributed by atoms with E-state index >= 15 is 0 Å². The van der Waals surface area contributed by atoms with E-state index in [1.54, 1.807) is 19.1 Å². The maximum atomic E-state index is 14.2. The van der Waals surface area contributed by atoms with Crippen LogP contribution in [-0.2, 0) is 6.54 Å². The molecule has 5 heteroatoms. The second-order valence-corrected chi connectivity index (χ2v) is 4.38. The second kappa shape index (κ2) is 6.43. The largest absolute Gasteiger partial charge is 0.436 e. The van der Waals surface area contributed by atoms with Gasteiger partial charge in [0.25, 0.3) is 5.88 Å². The lowest BCUT2D eigenvalue weighted by Gasteiger charge is -2.11. The number of ether oxygens (including phenoxy) is 1. The summed E-state index contributed by atoms with van der Waals surface area (Å²) in [7, 11) is 0. The highest BCUT2D eigenvalue weighted by Gasteiger charge is 2.13. The van der Waals surface area contributed by atoms with Crippen LogP contribution in [0.2, 0.25) is 0 Å². The normalized spacial score (nSPS) is 10.6. The van der Waals surface area contributed by atoms with E-state index in [9.17, 15) is 8.78 Å².